The minimum atomic E-state index is -0.255. The highest BCUT2D eigenvalue weighted by atomic mass is 16.5. The summed E-state index contributed by atoms with van der Waals surface area (Å²) in [6, 6.07) is 0. The SMILES string of the molecule is Cc1nc(C2CN(C(=O)C34CC5CC(CC(C5)C3)C4)CCO2)no1. The van der Waals surface area contributed by atoms with Gasteiger partial charge in [-0.15, -0.1) is 0 Å². The number of aromatic nitrogens is 2. The predicted octanol–water partition coefficient (Wildman–Crippen LogP) is 2.49. The van der Waals surface area contributed by atoms with Crippen LogP contribution in [-0.4, -0.2) is 40.6 Å². The summed E-state index contributed by atoms with van der Waals surface area (Å²) in [5.74, 6) is 3.84. The number of amides is 1. The molecule has 1 amide bonds. The Kier molecular flexibility index (Phi) is 3.27. The Bertz CT molecular complexity index is 620. The molecule has 1 atom stereocenters. The lowest BCUT2D eigenvalue weighted by atomic mass is 9.49. The van der Waals surface area contributed by atoms with Gasteiger partial charge in [-0.1, -0.05) is 5.16 Å². The Morgan fingerprint density at radius 3 is 2.42 bits per heavy atom. The van der Waals surface area contributed by atoms with Gasteiger partial charge in [0.2, 0.25) is 17.6 Å². The fourth-order valence-electron chi connectivity index (χ4n) is 6.14. The van der Waals surface area contributed by atoms with Gasteiger partial charge in [-0.3, -0.25) is 4.79 Å². The summed E-state index contributed by atoms with van der Waals surface area (Å²) in [4.78, 5) is 19.7. The van der Waals surface area contributed by atoms with Gasteiger partial charge in [-0.05, 0) is 56.3 Å². The van der Waals surface area contributed by atoms with Gasteiger partial charge in [0.05, 0.1) is 18.6 Å². The number of nitrogens with zero attached hydrogens (tertiary/aromatic N) is 3. The predicted molar refractivity (Wildman–Crippen MR) is 84.9 cm³/mol. The van der Waals surface area contributed by atoms with Gasteiger partial charge in [0.15, 0.2) is 0 Å². The van der Waals surface area contributed by atoms with Crippen LogP contribution < -0.4 is 0 Å². The third-order valence-corrected chi connectivity index (χ3v) is 6.68. The number of ether oxygens (including phenoxy) is 1. The first-order chi connectivity index (χ1) is 11.6. The molecule has 4 aliphatic carbocycles. The van der Waals surface area contributed by atoms with Crippen molar-refractivity contribution >= 4 is 5.91 Å². The van der Waals surface area contributed by atoms with E-state index in [0.717, 1.165) is 37.0 Å². The van der Waals surface area contributed by atoms with Crippen LogP contribution in [0.5, 0.6) is 0 Å². The van der Waals surface area contributed by atoms with Crippen molar-refractivity contribution in [3.05, 3.63) is 11.7 Å². The standard InChI is InChI=1S/C18H25N3O3/c1-11-19-16(20-24-11)15-10-21(2-3-23-15)17(22)18-7-12-4-13(8-18)6-14(5-12)9-18/h12-15H,2-10H2,1H3. The van der Waals surface area contributed by atoms with Crippen LogP contribution in [0.2, 0.25) is 0 Å². The molecule has 1 saturated heterocycles. The van der Waals surface area contributed by atoms with Crippen molar-refractivity contribution in [2.45, 2.75) is 51.6 Å². The third-order valence-electron chi connectivity index (χ3n) is 6.68. The van der Waals surface area contributed by atoms with Crippen LogP contribution in [-0.2, 0) is 9.53 Å². The lowest BCUT2D eigenvalue weighted by Crippen LogP contribution is -2.56. The zero-order chi connectivity index (χ0) is 16.3. The average Bonchev–Trinajstić information content (AvgIpc) is 3.00. The van der Waals surface area contributed by atoms with Crippen molar-refractivity contribution in [1.29, 1.82) is 0 Å². The van der Waals surface area contributed by atoms with E-state index < -0.39 is 0 Å². The van der Waals surface area contributed by atoms with Gasteiger partial charge in [0, 0.05) is 13.5 Å². The van der Waals surface area contributed by atoms with Crippen LogP contribution >= 0.6 is 0 Å². The molecule has 0 spiro atoms. The Labute approximate surface area is 141 Å². The van der Waals surface area contributed by atoms with Crippen molar-refractivity contribution in [1.82, 2.24) is 15.0 Å². The molecule has 6 nitrogen and oxygen atoms in total. The van der Waals surface area contributed by atoms with Gasteiger partial charge < -0.3 is 14.2 Å². The molecule has 4 saturated carbocycles. The Morgan fingerprint density at radius 2 is 1.83 bits per heavy atom. The van der Waals surface area contributed by atoms with Crippen molar-refractivity contribution in [2.75, 3.05) is 19.7 Å². The van der Waals surface area contributed by atoms with Gasteiger partial charge >= 0.3 is 0 Å². The second-order valence-corrected chi connectivity index (χ2v) is 8.48. The fourth-order valence-corrected chi connectivity index (χ4v) is 6.14. The molecular weight excluding hydrogens is 306 g/mol. The molecular formula is C18H25N3O3. The van der Waals surface area contributed by atoms with E-state index >= 15 is 0 Å². The first-order valence-electron chi connectivity index (χ1n) is 9.32. The minimum absolute atomic E-state index is 0.0796. The molecule has 1 aliphatic heterocycles. The summed E-state index contributed by atoms with van der Waals surface area (Å²) >= 11 is 0. The lowest BCUT2D eigenvalue weighted by molar-refractivity contribution is -0.165. The number of carbonyl (C=O) groups excluding carboxylic acids is 1. The first-order valence-corrected chi connectivity index (χ1v) is 9.32. The highest BCUT2D eigenvalue weighted by Crippen LogP contribution is 2.60. The van der Waals surface area contributed by atoms with E-state index in [9.17, 15) is 4.79 Å². The number of rotatable bonds is 2. The summed E-state index contributed by atoms with van der Waals surface area (Å²) in [5, 5.41) is 3.98. The summed E-state index contributed by atoms with van der Waals surface area (Å²) in [6.45, 7) is 3.57. The molecule has 5 fully saturated rings. The molecule has 0 N–H and O–H groups in total. The van der Waals surface area contributed by atoms with E-state index in [1.54, 1.807) is 6.92 Å². The molecule has 130 valence electrons. The van der Waals surface area contributed by atoms with Gasteiger partial charge in [0.25, 0.3) is 0 Å². The van der Waals surface area contributed by atoms with Gasteiger partial charge in [0.1, 0.15) is 6.10 Å². The number of hydrogen-bond donors (Lipinski definition) is 0. The molecule has 6 rings (SSSR count). The fraction of sp³-hybridized carbons (Fsp3) is 0.833. The maximum absolute atomic E-state index is 13.4. The quantitative estimate of drug-likeness (QED) is 0.833. The van der Waals surface area contributed by atoms with E-state index in [4.69, 9.17) is 9.26 Å². The summed E-state index contributed by atoms with van der Waals surface area (Å²) < 4.78 is 10.9. The van der Waals surface area contributed by atoms with E-state index in [-0.39, 0.29) is 11.5 Å². The Balaban J connectivity index is 1.35. The van der Waals surface area contributed by atoms with Crippen molar-refractivity contribution in [3.8, 4) is 0 Å². The van der Waals surface area contributed by atoms with Crippen LogP contribution in [0.3, 0.4) is 0 Å². The maximum atomic E-state index is 13.4. The summed E-state index contributed by atoms with van der Waals surface area (Å²) in [5.41, 5.74) is -0.0796. The smallest absolute Gasteiger partial charge is 0.229 e. The van der Waals surface area contributed by atoms with Gasteiger partial charge in [-0.25, -0.2) is 0 Å². The molecule has 5 aliphatic rings. The maximum Gasteiger partial charge on any atom is 0.229 e. The molecule has 24 heavy (non-hydrogen) atoms. The number of carbonyl (C=O) groups is 1. The normalized spacial score (nSPS) is 41.0. The van der Waals surface area contributed by atoms with Crippen LogP contribution in [0.25, 0.3) is 0 Å². The van der Waals surface area contributed by atoms with Crippen molar-refractivity contribution in [2.24, 2.45) is 23.2 Å². The monoisotopic (exact) mass is 331 g/mol. The molecule has 2 heterocycles. The van der Waals surface area contributed by atoms with Gasteiger partial charge in [-0.2, -0.15) is 4.98 Å². The second kappa shape index (κ2) is 5.28. The summed E-state index contributed by atoms with van der Waals surface area (Å²) in [7, 11) is 0. The molecule has 4 bridgehead atoms. The zero-order valence-corrected chi connectivity index (χ0v) is 14.2. The van der Waals surface area contributed by atoms with Crippen LogP contribution in [0.1, 0.15) is 56.3 Å². The Hall–Kier alpha value is -1.43. The second-order valence-electron chi connectivity index (χ2n) is 8.48. The minimum Gasteiger partial charge on any atom is -0.366 e. The topological polar surface area (TPSA) is 68.5 Å². The highest BCUT2D eigenvalue weighted by molar-refractivity contribution is 5.83. The number of morpholine rings is 1. The first kappa shape index (κ1) is 14.9. The Morgan fingerprint density at radius 1 is 1.17 bits per heavy atom. The van der Waals surface area contributed by atoms with Crippen LogP contribution in [0.4, 0.5) is 0 Å². The number of aryl methyl sites for hydroxylation is 1. The number of hydrogen-bond acceptors (Lipinski definition) is 5. The summed E-state index contributed by atoms with van der Waals surface area (Å²) in [6.07, 6.45) is 7.17. The zero-order valence-electron chi connectivity index (χ0n) is 14.2. The largest absolute Gasteiger partial charge is 0.366 e. The molecule has 6 heteroatoms. The van der Waals surface area contributed by atoms with E-state index in [1.165, 1.54) is 19.3 Å². The van der Waals surface area contributed by atoms with Crippen LogP contribution in [0.15, 0.2) is 4.52 Å². The van der Waals surface area contributed by atoms with E-state index in [0.29, 0.717) is 37.3 Å². The molecule has 1 aromatic rings. The van der Waals surface area contributed by atoms with E-state index in [1.807, 2.05) is 4.90 Å². The highest BCUT2D eigenvalue weighted by Gasteiger charge is 2.55. The molecule has 1 aromatic heterocycles. The average molecular weight is 331 g/mol. The van der Waals surface area contributed by atoms with E-state index in [2.05, 4.69) is 10.1 Å². The van der Waals surface area contributed by atoms with Crippen molar-refractivity contribution < 1.29 is 14.1 Å². The molecule has 0 aromatic carbocycles. The molecule has 1 unspecified atom stereocenters. The molecule has 0 radical (unpaired) electrons. The van der Waals surface area contributed by atoms with Crippen LogP contribution in [0, 0.1) is 30.1 Å². The third kappa shape index (κ3) is 2.30. The lowest BCUT2D eigenvalue weighted by Gasteiger charge is -2.57. The van der Waals surface area contributed by atoms with Crippen molar-refractivity contribution in [3.63, 3.8) is 0 Å².